The van der Waals surface area contributed by atoms with Crippen LogP contribution < -0.4 is 4.90 Å². The van der Waals surface area contributed by atoms with E-state index >= 15 is 0 Å². The van der Waals surface area contributed by atoms with Crippen LogP contribution in [0.1, 0.15) is 73.8 Å². The summed E-state index contributed by atoms with van der Waals surface area (Å²) in [6.07, 6.45) is 3.69. The minimum Gasteiger partial charge on any atom is -0.415 e. The van der Waals surface area contributed by atoms with Crippen LogP contribution in [0.15, 0.2) is 30.3 Å². The molecule has 6 heteroatoms. The van der Waals surface area contributed by atoms with E-state index in [9.17, 15) is 4.79 Å². The number of allylic oxidation sites excluding steroid dienone is 2. The molecule has 0 bridgehead atoms. The number of carbonyl (C=O) groups is 1. The second kappa shape index (κ2) is 12.1. The van der Waals surface area contributed by atoms with Crippen LogP contribution in [0.4, 0.5) is 5.69 Å². The van der Waals surface area contributed by atoms with Gasteiger partial charge in [-0.2, -0.15) is 0 Å². The molecule has 2 rings (SSSR count). The minimum atomic E-state index is -1.21. The van der Waals surface area contributed by atoms with E-state index in [4.69, 9.17) is 8.85 Å². The first kappa shape index (κ1) is 31.0. The van der Waals surface area contributed by atoms with Gasteiger partial charge < -0.3 is 13.8 Å². The lowest BCUT2D eigenvalue weighted by molar-refractivity contribution is -0.116. The Morgan fingerprint density at radius 2 is 1.28 bits per heavy atom. The Morgan fingerprint density at radius 3 is 1.64 bits per heavy atom. The van der Waals surface area contributed by atoms with E-state index in [1.165, 1.54) is 5.69 Å². The number of carbonyl (C=O) groups excluding carboxylic acids is 1. The maximum absolute atomic E-state index is 12.3. The number of ketones is 1. The summed E-state index contributed by atoms with van der Waals surface area (Å²) in [5.41, 5.74) is 3.58. The number of hydrogen-bond acceptors (Lipinski definition) is 4. The standard InChI is InChI=1S/C30H53NO3Si2/c1-28(2,3)26(33-35(9)10)20-31(21-27(29(4,5)6)34-36(11)12)24-15-13-22(14-16-24)23-17-25(32)19-30(7,8)18-23/h13-17,26-27,35-36H,18-21H2,1-12H3. The van der Waals surface area contributed by atoms with Gasteiger partial charge >= 0.3 is 0 Å². The molecule has 36 heavy (non-hydrogen) atoms. The zero-order chi connectivity index (χ0) is 27.5. The van der Waals surface area contributed by atoms with Crippen LogP contribution in [-0.4, -0.2) is 49.2 Å². The van der Waals surface area contributed by atoms with Crippen LogP contribution in [-0.2, 0) is 13.6 Å². The second-order valence-corrected chi connectivity index (χ2v) is 18.9. The molecule has 0 heterocycles. The van der Waals surface area contributed by atoms with E-state index in [2.05, 4.69) is 111 Å². The third kappa shape index (κ3) is 9.58. The molecule has 0 fully saturated rings. The lowest BCUT2D eigenvalue weighted by Gasteiger charge is -2.41. The van der Waals surface area contributed by atoms with E-state index in [0.717, 1.165) is 30.6 Å². The van der Waals surface area contributed by atoms with Gasteiger partial charge in [-0.05, 0) is 78.2 Å². The molecule has 2 unspecified atom stereocenters. The van der Waals surface area contributed by atoms with Gasteiger partial charge in [0.05, 0.1) is 12.2 Å². The number of anilines is 1. The maximum atomic E-state index is 12.3. The molecule has 0 aromatic heterocycles. The first-order chi connectivity index (χ1) is 16.4. The fourth-order valence-electron chi connectivity index (χ4n) is 4.80. The van der Waals surface area contributed by atoms with Crippen molar-refractivity contribution in [3.63, 3.8) is 0 Å². The minimum absolute atomic E-state index is 0.0158. The van der Waals surface area contributed by atoms with Crippen molar-refractivity contribution in [3.8, 4) is 0 Å². The summed E-state index contributed by atoms with van der Waals surface area (Å²) in [5.74, 6) is 0.234. The van der Waals surface area contributed by atoms with Gasteiger partial charge in [-0.25, -0.2) is 0 Å². The molecule has 0 N–H and O–H groups in total. The zero-order valence-electron chi connectivity index (χ0n) is 25.2. The molecule has 0 aliphatic heterocycles. The fourth-order valence-corrected chi connectivity index (χ4v) is 7.11. The van der Waals surface area contributed by atoms with Crippen LogP contribution >= 0.6 is 0 Å². The molecule has 204 valence electrons. The Hall–Kier alpha value is -1.22. The highest BCUT2D eigenvalue weighted by molar-refractivity contribution is 6.48. The molecule has 0 radical (unpaired) electrons. The Balaban J connectivity index is 2.43. The van der Waals surface area contributed by atoms with Gasteiger partial charge in [0.15, 0.2) is 23.9 Å². The van der Waals surface area contributed by atoms with Gasteiger partial charge in [0.25, 0.3) is 0 Å². The van der Waals surface area contributed by atoms with E-state index in [0.29, 0.717) is 6.42 Å². The summed E-state index contributed by atoms with van der Waals surface area (Å²) in [7, 11) is -2.42. The summed E-state index contributed by atoms with van der Waals surface area (Å²) in [6, 6.07) is 8.83. The lowest BCUT2D eigenvalue weighted by Crippen LogP contribution is -2.49. The SMILES string of the molecule is C[SiH](C)OC(CN(CC(O[SiH](C)C)C(C)(C)C)c1ccc(C2=CC(=O)CC(C)(C)C2)cc1)C(C)(C)C. The number of benzene rings is 1. The fraction of sp³-hybridized carbons (Fsp3) is 0.700. The summed E-state index contributed by atoms with van der Waals surface area (Å²) >= 11 is 0. The molecule has 0 saturated carbocycles. The number of hydrogen-bond donors (Lipinski definition) is 0. The predicted molar refractivity (Wildman–Crippen MR) is 161 cm³/mol. The first-order valence-corrected chi connectivity index (χ1v) is 19.3. The molecule has 2 atom stereocenters. The lowest BCUT2D eigenvalue weighted by atomic mass is 9.75. The zero-order valence-corrected chi connectivity index (χ0v) is 27.5. The smallest absolute Gasteiger partial charge is 0.171 e. The van der Waals surface area contributed by atoms with Gasteiger partial charge in [0.2, 0.25) is 0 Å². The highest BCUT2D eigenvalue weighted by Gasteiger charge is 2.33. The maximum Gasteiger partial charge on any atom is 0.171 e. The average molecular weight is 532 g/mol. The van der Waals surface area contributed by atoms with Crippen molar-refractivity contribution in [2.24, 2.45) is 16.2 Å². The van der Waals surface area contributed by atoms with Crippen molar-refractivity contribution in [2.75, 3.05) is 18.0 Å². The molecule has 0 amide bonds. The van der Waals surface area contributed by atoms with Crippen LogP contribution in [0.25, 0.3) is 5.57 Å². The van der Waals surface area contributed by atoms with E-state index in [1.54, 1.807) is 0 Å². The van der Waals surface area contributed by atoms with Crippen molar-refractivity contribution in [1.82, 2.24) is 0 Å². The quantitative estimate of drug-likeness (QED) is 0.302. The van der Waals surface area contributed by atoms with Crippen molar-refractivity contribution >= 4 is 35.1 Å². The van der Waals surface area contributed by atoms with E-state index in [-0.39, 0.29) is 34.2 Å². The third-order valence-corrected chi connectivity index (χ3v) is 8.58. The Morgan fingerprint density at radius 1 is 0.833 bits per heavy atom. The van der Waals surface area contributed by atoms with Crippen molar-refractivity contribution in [1.29, 1.82) is 0 Å². The molecule has 1 aliphatic carbocycles. The summed E-state index contributed by atoms with van der Waals surface area (Å²) in [6.45, 7) is 28.7. The van der Waals surface area contributed by atoms with Gasteiger partial charge in [-0.15, -0.1) is 0 Å². The van der Waals surface area contributed by atoms with Crippen molar-refractivity contribution in [3.05, 3.63) is 35.9 Å². The molecule has 0 spiro atoms. The molecule has 0 saturated heterocycles. The summed E-state index contributed by atoms with van der Waals surface area (Å²) in [4.78, 5) is 14.8. The molecular weight excluding hydrogens is 479 g/mol. The summed E-state index contributed by atoms with van der Waals surface area (Å²) in [5, 5.41) is 0. The van der Waals surface area contributed by atoms with E-state index < -0.39 is 18.1 Å². The first-order valence-electron chi connectivity index (χ1n) is 13.8. The molecule has 1 aromatic carbocycles. The third-order valence-electron chi connectivity index (χ3n) is 6.84. The molecule has 1 aromatic rings. The molecule has 4 nitrogen and oxygen atoms in total. The number of rotatable bonds is 10. The topological polar surface area (TPSA) is 38.8 Å². The highest BCUT2D eigenvalue weighted by atomic mass is 28.3. The van der Waals surface area contributed by atoms with Crippen LogP contribution in [0.2, 0.25) is 26.2 Å². The van der Waals surface area contributed by atoms with Crippen molar-refractivity contribution < 1.29 is 13.6 Å². The normalized spacial score (nSPS) is 18.4. The molecule has 1 aliphatic rings. The van der Waals surface area contributed by atoms with Gasteiger partial charge in [0, 0.05) is 25.2 Å². The van der Waals surface area contributed by atoms with Crippen molar-refractivity contribution in [2.45, 2.75) is 107 Å². The highest BCUT2D eigenvalue weighted by Crippen LogP contribution is 2.38. The van der Waals surface area contributed by atoms with E-state index in [1.807, 2.05) is 6.08 Å². The monoisotopic (exact) mass is 531 g/mol. The van der Waals surface area contributed by atoms with Crippen LogP contribution in [0.5, 0.6) is 0 Å². The molecular formula is C30H53NO3Si2. The Bertz CT molecular complexity index is 862. The van der Waals surface area contributed by atoms with Gasteiger partial charge in [-0.3, -0.25) is 4.79 Å². The summed E-state index contributed by atoms with van der Waals surface area (Å²) < 4.78 is 13.2. The van der Waals surface area contributed by atoms with Gasteiger partial charge in [-0.1, -0.05) is 67.5 Å². The number of nitrogens with zero attached hydrogens (tertiary/aromatic N) is 1. The van der Waals surface area contributed by atoms with Crippen LogP contribution in [0.3, 0.4) is 0 Å². The largest absolute Gasteiger partial charge is 0.415 e. The van der Waals surface area contributed by atoms with Crippen LogP contribution in [0, 0.1) is 16.2 Å². The average Bonchev–Trinajstić information content (AvgIpc) is 2.68. The Kier molecular flexibility index (Phi) is 10.4. The second-order valence-electron chi connectivity index (χ2n) is 14.2. The van der Waals surface area contributed by atoms with Gasteiger partial charge in [0.1, 0.15) is 0 Å². The Labute approximate surface area is 225 Å². The predicted octanol–water partition coefficient (Wildman–Crippen LogP) is 7.09.